The van der Waals surface area contributed by atoms with Gasteiger partial charge in [-0.3, -0.25) is 14.3 Å². The molecule has 2 N–H and O–H groups in total. The Kier molecular flexibility index (Phi) is 6.18. The molecule has 2 aromatic rings. The van der Waals surface area contributed by atoms with Gasteiger partial charge in [0.25, 0.3) is 5.91 Å². The van der Waals surface area contributed by atoms with Crippen LogP contribution in [0.3, 0.4) is 0 Å². The summed E-state index contributed by atoms with van der Waals surface area (Å²) in [5.74, 6) is -3.95. The van der Waals surface area contributed by atoms with Crippen molar-refractivity contribution in [1.29, 1.82) is 0 Å². The highest BCUT2D eigenvalue weighted by atomic mass is 19.3. The lowest BCUT2D eigenvalue weighted by molar-refractivity contribution is -0.125. The van der Waals surface area contributed by atoms with Crippen LogP contribution < -0.4 is 10.6 Å². The van der Waals surface area contributed by atoms with E-state index in [1.165, 1.54) is 12.1 Å². The lowest BCUT2D eigenvalue weighted by Gasteiger charge is -2.30. The first-order valence-corrected chi connectivity index (χ1v) is 11.6. The van der Waals surface area contributed by atoms with Crippen LogP contribution in [0.5, 0.6) is 0 Å². The predicted octanol–water partition coefficient (Wildman–Crippen LogP) is 4.42. The smallest absolute Gasteiger partial charge is 0.273 e. The molecule has 2 fully saturated rings. The van der Waals surface area contributed by atoms with Crippen LogP contribution in [-0.4, -0.2) is 39.6 Å². The number of nitrogens with one attached hydrogen (secondary N) is 2. The molecule has 9 heteroatoms. The zero-order chi connectivity index (χ0) is 24.0. The van der Waals surface area contributed by atoms with E-state index in [0.29, 0.717) is 30.3 Å². The molecule has 0 radical (unpaired) electrons. The number of fused-ring (bicyclic) bond motifs is 1. The quantitative estimate of drug-likeness (QED) is 0.664. The van der Waals surface area contributed by atoms with Gasteiger partial charge in [0, 0.05) is 30.8 Å². The lowest BCUT2D eigenvalue weighted by Crippen LogP contribution is -2.54. The Labute approximate surface area is 191 Å². The second-order valence-electron chi connectivity index (χ2n) is 10.5. The number of aromatic nitrogens is 2. The molecule has 2 saturated carbocycles. The Morgan fingerprint density at radius 2 is 1.85 bits per heavy atom. The predicted molar refractivity (Wildman–Crippen MR) is 118 cm³/mol. The minimum Gasteiger partial charge on any atom is -0.352 e. The van der Waals surface area contributed by atoms with Crippen LogP contribution in [0.15, 0.2) is 18.2 Å². The van der Waals surface area contributed by atoms with Crippen LogP contribution in [0.25, 0.3) is 10.9 Å². The molecular weight excluding hydrogens is 433 g/mol. The van der Waals surface area contributed by atoms with E-state index in [-0.39, 0.29) is 36.4 Å². The van der Waals surface area contributed by atoms with E-state index >= 15 is 0 Å². The van der Waals surface area contributed by atoms with Crippen molar-refractivity contribution in [2.75, 3.05) is 0 Å². The largest absolute Gasteiger partial charge is 0.352 e. The second kappa shape index (κ2) is 8.65. The van der Waals surface area contributed by atoms with Crippen molar-refractivity contribution in [1.82, 2.24) is 20.4 Å². The summed E-state index contributed by atoms with van der Waals surface area (Å²) in [6, 6.07) is 3.45. The molecule has 2 aliphatic carbocycles. The molecule has 0 aliphatic heterocycles. The van der Waals surface area contributed by atoms with Crippen LogP contribution in [0.1, 0.15) is 69.8 Å². The van der Waals surface area contributed by atoms with Gasteiger partial charge in [-0.1, -0.05) is 20.8 Å². The Morgan fingerprint density at radius 1 is 1.18 bits per heavy atom. The van der Waals surface area contributed by atoms with Crippen molar-refractivity contribution in [2.24, 2.45) is 11.3 Å². The van der Waals surface area contributed by atoms with Gasteiger partial charge < -0.3 is 10.6 Å². The average Bonchev–Trinajstić information content (AvgIpc) is 3.46. The first kappa shape index (κ1) is 23.6. The summed E-state index contributed by atoms with van der Waals surface area (Å²) < 4.78 is 42.7. The number of carbonyl (C=O) groups is 2. The maximum absolute atomic E-state index is 14.0. The monoisotopic (exact) mass is 464 g/mol. The normalized spacial score (nSPS) is 19.9. The Balaban J connectivity index is 1.59. The van der Waals surface area contributed by atoms with Gasteiger partial charge in [0.15, 0.2) is 5.69 Å². The van der Waals surface area contributed by atoms with Crippen LogP contribution in [0.2, 0.25) is 0 Å². The van der Waals surface area contributed by atoms with Crippen molar-refractivity contribution in [3.63, 3.8) is 0 Å². The molecular formula is C24H31F3N4O2. The van der Waals surface area contributed by atoms with E-state index in [2.05, 4.69) is 15.7 Å². The summed E-state index contributed by atoms with van der Waals surface area (Å²) in [6.07, 6.45) is 2.26. The van der Waals surface area contributed by atoms with Crippen LogP contribution in [0, 0.1) is 17.2 Å². The number of benzene rings is 1. The highest BCUT2D eigenvalue weighted by Crippen LogP contribution is 2.37. The minimum atomic E-state index is -2.63. The molecule has 1 heterocycles. The van der Waals surface area contributed by atoms with E-state index < -0.39 is 29.1 Å². The number of rotatable bonds is 6. The molecule has 33 heavy (non-hydrogen) atoms. The maximum atomic E-state index is 14.0. The molecule has 2 aliphatic rings. The zero-order valence-electron chi connectivity index (χ0n) is 19.3. The summed E-state index contributed by atoms with van der Waals surface area (Å²) >= 11 is 0. The van der Waals surface area contributed by atoms with Crippen molar-refractivity contribution in [3.05, 3.63) is 29.7 Å². The molecule has 1 atom stereocenters. The second-order valence-corrected chi connectivity index (χ2v) is 10.5. The molecule has 0 saturated heterocycles. The van der Waals surface area contributed by atoms with Gasteiger partial charge in [-0.05, 0) is 55.2 Å². The van der Waals surface area contributed by atoms with Crippen molar-refractivity contribution < 1.29 is 22.8 Å². The third-order valence-corrected chi connectivity index (χ3v) is 6.52. The van der Waals surface area contributed by atoms with Crippen LogP contribution >= 0.6 is 0 Å². The van der Waals surface area contributed by atoms with Gasteiger partial charge in [0.05, 0.1) is 5.52 Å². The lowest BCUT2D eigenvalue weighted by atomic mass is 9.86. The number of carbonyl (C=O) groups excluding carboxylic acids is 2. The Hall–Kier alpha value is -2.58. The van der Waals surface area contributed by atoms with Crippen molar-refractivity contribution in [2.45, 2.75) is 83.8 Å². The number of amides is 2. The molecule has 2 amide bonds. The number of hydrogen-bond donors (Lipinski definition) is 2. The van der Waals surface area contributed by atoms with Gasteiger partial charge in [-0.25, -0.2) is 13.2 Å². The average molecular weight is 465 g/mol. The Morgan fingerprint density at radius 3 is 2.45 bits per heavy atom. The number of halogens is 3. The molecule has 0 spiro atoms. The summed E-state index contributed by atoms with van der Waals surface area (Å²) in [5.41, 5.74) is 0.0405. The maximum Gasteiger partial charge on any atom is 0.273 e. The minimum absolute atomic E-state index is 0.000308. The molecule has 6 nitrogen and oxygen atoms in total. The zero-order valence-corrected chi connectivity index (χ0v) is 19.3. The third kappa shape index (κ3) is 5.50. The topological polar surface area (TPSA) is 76.0 Å². The summed E-state index contributed by atoms with van der Waals surface area (Å²) in [5, 5.41) is 10.5. The summed E-state index contributed by atoms with van der Waals surface area (Å²) in [4.78, 5) is 26.0. The molecule has 180 valence electrons. The van der Waals surface area contributed by atoms with Crippen molar-refractivity contribution >= 4 is 22.7 Å². The first-order chi connectivity index (χ1) is 15.4. The fourth-order valence-electron chi connectivity index (χ4n) is 4.37. The van der Waals surface area contributed by atoms with E-state index in [4.69, 9.17) is 0 Å². The summed E-state index contributed by atoms with van der Waals surface area (Å²) in [6.45, 7) is 5.95. The molecule has 0 unspecified atom stereocenters. The fraction of sp³-hybridized carbons (Fsp3) is 0.625. The fourth-order valence-corrected chi connectivity index (χ4v) is 4.37. The number of alkyl halides is 2. The van der Waals surface area contributed by atoms with Crippen LogP contribution in [0.4, 0.5) is 13.2 Å². The van der Waals surface area contributed by atoms with Crippen LogP contribution in [-0.2, 0) is 11.3 Å². The molecule has 0 bridgehead atoms. The van der Waals surface area contributed by atoms with E-state index in [0.717, 1.165) is 12.8 Å². The number of hydrogen-bond acceptors (Lipinski definition) is 3. The van der Waals surface area contributed by atoms with E-state index in [1.807, 2.05) is 20.8 Å². The highest BCUT2D eigenvalue weighted by Gasteiger charge is 2.37. The van der Waals surface area contributed by atoms with E-state index in [9.17, 15) is 22.8 Å². The van der Waals surface area contributed by atoms with Gasteiger partial charge in [0.1, 0.15) is 11.9 Å². The summed E-state index contributed by atoms with van der Waals surface area (Å²) in [7, 11) is 0. The van der Waals surface area contributed by atoms with Gasteiger partial charge in [-0.2, -0.15) is 5.10 Å². The number of nitrogens with zero attached hydrogens (tertiary/aromatic N) is 2. The molecule has 4 rings (SSSR count). The Bertz CT molecular complexity index is 1050. The SMILES string of the molecule is CC(C)(C)[C@H](NC(=O)c1nn(CC2CCC(F)(F)CC2)c2ccc(F)cc12)C(=O)NC1CC1. The van der Waals surface area contributed by atoms with Gasteiger partial charge in [-0.15, -0.1) is 0 Å². The molecule has 1 aromatic heterocycles. The standard InChI is InChI=1S/C24H31F3N4O2/c1-23(2,3)20(22(33)28-16-5-6-16)29-21(32)19-17-12-15(25)4-7-18(17)31(30-19)13-14-8-10-24(26,27)11-9-14/h4,7,12,14,16,20H,5-6,8-11,13H2,1-3H3,(H,28,33)(H,29,32)/t20-/m1/s1. The van der Waals surface area contributed by atoms with Gasteiger partial charge >= 0.3 is 0 Å². The highest BCUT2D eigenvalue weighted by molar-refractivity contribution is 6.06. The van der Waals surface area contributed by atoms with E-state index in [1.54, 1.807) is 10.7 Å². The third-order valence-electron chi connectivity index (χ3n) is 6.52. The first-order valence-electron chi connectivity index (χ1n) is 11.6. The van der Waals surface area contributed by atoms with Crippen molar-refractivity contribution in [3.8, 4) is 0 Å². The molecule has 1 aromatic carbocycles. The van der Waals surface area contributed by atoms with Gasteiger partial charge in [0.2, 0.25) is 11.8 Å².